The molecule has 1 unspecified atom stereocenters. The largest absolute Gasteiger partial charge is 0.469 e. The Labute approximate surface area is 64.4 Å². The molecule has 1 aromatic rings. The second kappa shape index (κ2) is 2.42. The summed E-state index contributed by atoms with van der Waals surface area (Å²) in [6.45, 7) is 0.715. The lowest BCUT2D eigenvalue weighted by Crippen LogP contribution is -2.13. The zero-order chi connectivity index (χ0) is 7.68. The number of carbonyl (C=O) groups is 1. The van der Waals surface area contributed by atoms with Crippen molar-refractivity contribution in [3.05, 3.63) is 24.2 Å². The topological polar surface area (TPSA) is 42.2 Å². The molecule has 3 nitrogen and oxygen atoms in total. The molecule has 11 heavy (non-hydrogen) atoms. The Morgan fingerprint density at radius 1 is 1.64 bits per heavy atom. The summed E-state index contributed by atoms with van der Waals surface area (Å²) in [5, 5.41) is 2.76. The Morgan fingerprint density at radius 2 is 2.55 bits per heavy atom. The summed E-state index contributed by atoms with van der Waals surface area (Å²) in [6.07, 6.45) is 2.20. The molecule has 0 radical (unpaired) electrons. The Kier molecular flexibility index (Phi) is 1.42. The van der Waals surface area contributed by atoms with Crippen LogP contribution in [-0.2, 0) is 4.79 Å². The summed E-state index contributed by atoms with van der Waals surface area (Å²) < 4.78 is 5.17. The van der Waals surface area contributed by atoms with Gasteiger partial charge in [0, 0.05) is 18.9 Å². The van der Waals surface area contributed by atoms with Gasteiger partial charge in [0.2, 0.25) is 5.91 Å². The van der Waals surface area contributed by atoms with Crippen LogP contribution in [0.5, 0.6) is 0 Å². The highest BCUT2D eigenvalue weighted by Crippen LogP contribution is 2.22. The van der Waals surface area contributed by atoms with E-state index < -0.39 is 0 Å². The lowest BCUT2D eigenvalue weighted by Gasteiger charge is -1.99. The van der Waals surface area contributed by atoms with E-state index in [9.17, 15) is 4.79 Å². The number of furan rings is 1. The van der Waals surface area contributed by atoms with Gasteiger partial charge in [-0.05, 0) is 12.1 Å². The van der Waals surface area contributed by atoms with Gasteiger partial charge in [-0.1, -0.05) is 0 Å². The van der Waals surface area contributed by atoms with Gasteiger partial charge in [0.05, 0.1) is 6.26 Å². The minimum atomic E-state index is 0.117. The summed E-state index contributed by atoms with van der Waals surface area (Å²) >= 11 is 0. The fourth-order valence-corrected chi connectivity index (χ4v) is 1.33. The first-order valence-electron chi connectivity index (χ1n) is 3.66. The van der Waals surface area contributed by atoms with Crippen molar-refractivity contribution in [2.45, 2.75) is 12.3 Å². The van der Waals surface area contributed by atoms with Gasteiger partial charge in [0.1, 0.15) is 5.76 Å². The molecule has 1 saturated heterocycles. The number of nitrogens with one attached hydrogen (secondary N) is 1. The molecule has 1 amide bonds. The summed E-state index contributed by atoms with van der Waals surface area (Å²) in [7, 11) is 0. The first-order valence-corrected chi connectivity index (χ1v) is 3.66. The number of carbonyl (C=O) groups excluding carboxylic acids is 1. The molecule has 0 aliphatic carbocycles. The van der Waals surface area contributed by atoms with E-state index in [1.165, 1.54) is 0 Å². The van der Waals surface area contributed by atoms with E-state index >= 15 is 0 Å². The molecular weight excluding hydrogens is 142 g/mol. The Balaban J connectivity index is 2.13. The first-order chi connectivity index (χ1) is 5.36. The van der Waals surface area contributed by atoms with Crippen molar-refractivity contribution < 1.29 is 9.21 Å². The van der Waals surface area contributed by atoms with Crippen molar-refractivity contribution in [2.75, 3.05) is 6.54 Å². The highest BCUT2D eigenvalue weighted by molar-refractivity contribution is 5.79. The van der Waals surface area contributed by atoms with Gasteiger partial charge in [0.25, 0.3) is 0 Å². The number of rotatable bonds is 1. The van der Waals surface area contributed by atoms with E-state index in [1.807, 2.05) is 12.1 Å². The molecule has 3 heteroatoms. The van der Waals surface area contributed by atoms with Gasteiger partial charge in [-0.15, -0.1) is 0 Å². The molecule has 58 valence electrons. The highest BCUT2D eigenvalue weighted by atomic mass is 16.3. The Morgan fingerprint density at radius 3 is 3.09 bits per heavy atom. The summed E-state index contributed by atoms with van der Waals surface area (Å²) in [4.78, 5) is 10.8. The van der Waals surface area contributed by atoms with Crippen molar-refractivity contribution in [3.63, 3.8) is 0 Å². The number of amides is 1. The van der Waals surface area contributed by atoms with Crippen molar-refractivity contribution in [1.29, 1.82) is 0 Å². The molecule has 1 N–H and O–H groups in total. The molecular formula is C8H9NO2. The van der Waals surface area contributed by atoms with Gasteiger partial charge in [-0.2, -0.15) is 0 Å². The van der Waals surface area contributed by atoms with Crippen LogP contribution in [0.1, 0.15) is 18.1 Å². The average Bonchev–Trinajstić information content (AvgIpc) is 2.55. The van der Waals surface area contributed by atoms with E-state index in [2.05, 4.69) is 5.32 Å². The van der Waals surface area contributed by atoms with Crippen LogP contribution in [0.15, 0.2) is 22.8 Å². The molecule has 0 aromatic carbocycles. The standard InChI is InChI=1S/C8H9NO2/c10-8-4-6(5-9-8)7-2-1-3-11-7/h1-3,6H,4-5H2,(H,9,10). The van der Waals surface area contributed by atoms with Crippen LogP contribution in [0.3, 0.4) is 0 Å². The Bertz CT molecular complexity index is 253. The lowest BCUT2D eigenvalue weighted by atomic mass is 10.1. The molecule has 2 heterocycles. The van der Waals surface area contributed by atoms with Crippen LogP contribution in [-0.4, -0.2) is 12.5 Å². The number of hydrogen-bond acceptors (Lipinski definition) is 2. The van der Waals surface area contributed by atoms with Crippen molar-refractivity contribution in [3.8, 4) is 0 Å². The van der Waals surface area contributed by atoms with Crippen molar-refractivity contribution in [1.82, 2.24) is 5.32 Å². The molecule has 0 bridgehead atoms. The predicted octanol–water partition coefficient (Wildman–Crippen LogP) is 0.883. The highest BCUT2D eigenvalue weighted by Gasteiger charge is 2.24. The van der Waals surface area contributed by atoms with E-state index in [4.69, 9.17) is 4.42 Å². The molecule has 1 aromatic heterocycles. The SMILES string of the molecule is O=C1CC(c2ccco2)CN1. The molecule has 1 atom stereocenters. The monoisotopic (exact) mass is 151 g/mol. The molecule has 1 aliphatic rings. The fraction of sp³-hybridized carbons (Fsp3) is 0.375. The van der Waals surface area contributed by atoms with Gasteiger partial charge in [-0.3, -0.25) is 4.79 Å². The number of hydrogen-bond donors (Lipinski definition) is 1. The van der Waals surface area contributed by atoms with Gasteiger partial charge in [-0.25, -0.2) is 0 Å². The Hall–Kier alpha value is -1.25. The second-order valence-corrected chi connectivity index (χ2v) is 2.72. The third kappa shape index (κ3) is 1.13. The first kappa shape index (κ1) is 6.46. The summed E-state index contributed by atoms with van der Waals surface area (Å²) in [5.74, 6) is 1.27. The maximum absolute atomic E-state index is 10.8. The average molecular weight is 151 g/mol. The fourth-order valence-electron chi connectivity index (χ4n) is 1.33. The molecule has 0 saturated carbocycles. The quantitative estimate of drug-likeness (QED) is 0.647. The van der Waals surface area contributed by atoms with E-state index in [-0.39, 0.29) is 11.8 Å². The summed E-state index contributed by atoms with van der Waals surface area (Å²) in [6, 6.07) is 3.75. The van der Waals surface area contributed by atoms with E-state index in [0.717, 1.165) is 5.76 Å². The third-order valence-corrected chi connectivity index (χ3v) is 1.92. The van der Waals surface area contributed by atoms with Crippen LogP contribution in [0.25, 0.3) is 0 Å². The van der Waals surface area contributed by atoms with E-state index in [1.54, 1.807) is 6.26 Å². The van der Waals surface area contributed by atoms with Crippen LogP contribution in [0.2, 0.25) is 0 Å². The van der Waals surface area contributed by atoms with Crippen molar-refractivity contribution in [2.24, 2.45) is 0 Å². The second-order valence-electron chi connectivity index (χ2n) is 2.72. The molecule has 1 fully saturated rings. The summed E-state index contributed by atoms with van der Waals surface area (Å²) in [5.41, 5.74) is 0. The lowest BCUT2D eigenvalue weighted by molar-refractivity contribution is -0.119. The van der Waals surface area contributed by atoms with Crippen molar-refractivity contribution >= 4 is 5.91 Å². The third-order valence-electron chi connectivity index (χ3n) is 1.92. The van der Waals surface area contributed by atoms with Crippen LogP contribution < -0.4 is 5.32 Å². The maximum Gasteiger partial charge on any atom is 0.220 e. The predicted molar refractivity (Wildman–Crippen MR) is 39.1 cm³/mol. The smallest absolute Gasteiger partial charge is 0.220 e. The van der Waals surface area contributed by atoms with Crippen LogP contribution in [0, 0.1) is 0 Å². The molecule has 1 aliphatic heterocycles. The van der Waals surface area contributed by atoms with E-state index in [0.29, 0.717) is 13.0 Å². The normalized spacial score (nSPS) is 23.6. The minimum absolute atomic E-state index is 0.117. The van der Waals surface area contributed by atoms with Crippen LogP contribution in [0.4, 0.5) is 0 Å². The van der Waals surface area contributed by atoms with Gasteiger partial charge < -0.3 is 9.73 Å². The van der Waals surface area contributed by atoms with Gasteiger partial charge in [0.15, 0.2) is 0 Å². The zero-order valence-electron chi connectivity index (χ0n) is 6.04. The minimum Gasteiger partial charge on any atom is -0.469 e. The maximum atomic E-state index is 10.8. The zero-order valence-corrected chi connectivity index (χ0v) is 6.04. The molecule has 0 spiro atoms. The van der Waals surface area contributed by atoms with Crippen LogP contribution >= 0.6 is 0 Å². The molecule has 2 rings (SSSR count). The van der Waals surface area contributed by atoms with Gasteiger partial charge >= 0.3 is 0 Å².